The predicted octanol–water partition coefficient (Wildman–Crippen LogP) is 5.31. The zero-order valence-electron chi connectivity index (χ0n) is 13.1. The summed E-state index contributed by atoms with van der Waals surface area (Å²) in [6, 6.07) is 0. The highest BCUT2D eigenvalue weighted by atomic mass is 16.7. The van der Waals surface area contributed by atoms with Gasteiger partial charge in [-0.25, -0.2) is 0 Å². The molecule has 2 nitrogen and oxygen atoms in total. The molecular weight excluding hydrogens is 224 g/mol. The highest BCUT2D eigenvalue weighted by Crippen LogP contribution is 2.27. The highest BCUT2D eigenvalue weighted by molar-refractivity contribution is 4.70. The molecule has 0 saturated heterocycles. The largest absolute Gasteiger partial charge is 0.350 e. The SMILES string of the molecule is CCCCOC(CCC)(CCCC)OCCCC. The molecule has 0 amide bonds. The summed E-state index contributed by atoms with van der Waals surface area (Å²) in [6.07, 6.45) is 10.2. The van der Waals surface area contributed by atoms with Gasteiger partial charge >= 0.3 is 0 Å². The zero-order chi connectivity index (χ0) is 13.7. The van der Waals surface area contributed by atoms with Gasteiger partial charge in [0.15, 0.2) is 5.79 Å². The molecule has 0 aliphatic heterocycles. The molecule has 0 atom stereocenters. The maximum Gasteiger partial charge on any atom is 0.168 e. The molecule has 0 aromatic carbocycles. The van der Waals surface area contributed by atoms with Crippen LogP contribution in [-0.4, -0.2) is 19.0 Å². The van der Waals surface area contributed by atoms with Crippen molar-refractivity contribution in [2.24, 2.45) is 0 Å². The van der Waals surface area contributed by atoms with Crippen LogP contribution in [0.2, 0.25) is 0 Å². The van der Waals surface area contributed by atoms with Crippen LogP contribution in [0.15, 0.2) is 0 Å². The van der Waals surface area contributed by atoms with Gasteiger partial charge < -0.3 is 9.47 Å². The second-order valence-corrected chi connectivity index (χ2v) is 5.17. The first-order chi connectivity index (χ1) is 8.74. The topological polar surface area (TPSA) is 18.5 Å². The Balaban J connectivity index is 4.34. The van der Waals surface area contributed by atoms with Gasteiger partial charge in [0.1, 0.15) is 0 Å². The summed E-state index contributed by atoms with van der Waals surface area (Å²) in [7, 11) is 0. The maximum absolute atomic E-state index is 6.14. The Morgan fingerprint density at radius 3 is 1.50 bits per heavy atom. The van der Waals surface area contributed by atoms with Crippen LogP contribution in [-0.2, 0) is 9.47 Å². The Bertz CT molecular complexity index is 158. The smallest absolute Gasteiger partial charge is 0.168 e. The van der Waals surface area contributed by atoms with E-state index >= 15 is 0 Å². The lowest BCUT2D eigenvalue weighted by atomic mass is 10.0. The molecule has 0 aliphatic rings. The lowest BCUT2D eigenvalue weighted by Crippen LogP contribution is -2.37. The second-order valence-electron chi connectivity index (χ2n) is 5.17. The second kappa shape index (κ2) is 12.0. The number of unbranched alkanes of at least 4 members (excludes halogenated alkanes) is 3. The molecule has 0 aromatic heterocycles. The minimum absolute atomic E-state index is 0.297. The van der Waals surface area contributed by atoms with Crippen molar-refractivity contribution < 1.29 is 9.47 Å². The lowest BCUT2D eigenvalue weighted by Gasteiger charge is -2.34. The Morgan fingerprint density at radius 1 is 0.611 bits per heavy atom. The first-order valence-corrected chi connectivity index (χ1v) is 8.02. The standard InChI is InChI=1S/C16H34O2/c1-5-9-13-16(12-8-4,17-14-10-6-2)18-15-11-7-3/h5-15H2,1-4H3. The van der Waals surface area contributed by atoms with E-state index in [0.29, 0.717) is 0 Å². The highest BCUT2D eigenvalue weighted by Gasteiger charge is 2.30. The van der Waals surface area contributed by atoms with Crippen molar-refractivity contribution in [2.75, 3.05) is 13.2 Å². The monoisotopic (exact) mass is 258 g/mol. The number of rotatable bonds is 13. The van der Waals surface area contributed by atoms with Crippen molar-refractivity contribution in [1.29, 1.82) is 0 Å². The van der Waals surface area contributed by atoms with E-state index in [0.717, 1.165) is 45.3 Å². The minimum Gasteiger partial charge on any atom is -0.350 e. The van der Waals surface area contributed by atoms with E-state index in [2.05, 4.69) is 27.7 Å². The van der Waals surface area contributed by atoms with Crippen LogP contribution in [0.4, 0.5) is 0 Å². The lowest BCUT2D eigenvalue weighted by molar-refractivity contribution is -0.246. The van der Waals surface area contributed by atoms with Crippen LogP contribution in [0.1, 0.15) is 85.5 Å². The molecule has 110 valence electrons. The fraction of sp³-hybridized carbons (Fsp3) is 1.00. The van der Waals surface area contributed by atoms with Crippen molar-refractivity contribution in [1.82, 2.24) is 0 Å². The van der Waals surface area contributed by atoms with Crippen LogP contribution < -0.4 is 0 Å². The molecule has 0 rings (SSSR count). The molecule has 0 saturated carbocycles. The van der Waals surface area contributed by atoms with E-state index < -0.39 is 0 Å². The number of hydrogen-bond acceptors (Lipinski definition) is 2. The Kier molecular flexibility index (Phi) is 11.9. The van der Waals surface area contributed by atoms with Gasteiger partial charge in [-0.05, 0) is 19.3 Å². The third kappa shape index (κ3) is 8.10. The van der Waals surface area contributed by atoms with E-state index in [9.17, 15) is 0 Å². The summed E-state index contributed by atoms with van der Waals surface area (Å²) < 4.78 is 12.3. The molecule has 0 fully saturated rings. The molecule has 18 heavy (non-hydrogen) atoms. The molecule has 0 aromatic rings. The summed E-state index contributed by atoms with van der Waals surface area (Å²) in [4.78, 5) is 0. The summed E-state index contributed by atoms with van der Waals surface area (Å²) in [6.45, 7) is 10.5. The third-order valence-corrected chi connectivity index (χ3v) is 3.27. The summed E-state index contributed by atoms with van der Waals surface area (Å²) in [5.74, 6) is -0.297. The van der Waals surface area contributed by atoms with Gasteiger partial charge in [-0.1, -0.05) is 53.4 Å². The van der Waals surface area contributed by atoms with Crippen LogP contribution in [0.5, 0.6) is 0 Å². The van der Waals surface area contributed by atoms with E-state index in [1.165, 1.54) is 25.7 Å². The zero-order valence-corrected chi connectivity index (χ0v) is 13.1. The Labute approximate surface area is 114 Å². The summed E-state index contributed by atoms with van der Waals surface area (Å²) >= 11 is 0. The molecule has 0 N–H and O–H groups in total. The molecule has 0 heterocycles. The van der Waals surface area contributed by atoms with E-state index in [1.807, 2.05) is 0 Å². The average Bonchev–Trinajstić information content (AvgIpc) is 2.37. The quantitative estimate of drug-likeness (QED) is 0.329. The molecule has 0 bridgehead atoms. The molecule has 2 heteroatoms. The van der Waals surface area contributed by atoms with Crippen LogP contribution in [0.3, 0.4) is 0 Å². The van der Waals surface area contributed by atoms with Crippen molar-refractivity contribution in [2.45, 2.75) is 91.3 Å². The minimum atomic E-state index is -0.297. The van der Waals surface area contributed by atoms with Crippen molar-refractivity contribution in [3.05, 3.63) is 0 Å². The Hall–Kier alpha value is -0.0800. The van der Waals surface area contributed by atoms with Gasteiger partial charge in [-0.2, -0.15) is 0 Å². The van der Waals surface area contributed by atoms with Crippen molar-refractivity contribution >= 4 is 0 Å². The van der Waals surface area contributed by atoms with Gasteiger partial charge in [-0.15, -0.1) is 0 Å². The van der Waals surface area contributed by atoms with Crippen LogP contribution in [0.25, 0.3) is 0 Å². The van der Waals surface area contributed by atoms with E-state index in [-0.39, 0.29) is 5.79 Å². The number of ether oxygens (including phenoxy) is 2. The maximum atomic E-state index is 6.14. The van der Waals surface area contributed by atoms with Crippen molar-refractivity contribution in [3.8, 4) is 0 Å². The van der Waals surface area contributed by atoms with Gasteiger partial charge in [-0.3, -0.25) is 0 Å². The van der Waals surface area contributed by atoms with Gasteiger partial charge in [0.2, 0.25) is 0 Å². The fourth-order valence-electron chi connectivity index (χ4n) is 2.09. The Morgan fingerprint density at radius 2 is 1.11 bits per heavy atom. The first-order valence-electron chi connectivity index (χ1n) is 8.02. The van der Waals surface area contributed by atoms with Gasteiger partial charge in [0.25, 0.3) is 0 Å². The molecule has 0 spiro atoms. The van der Waals surface area contributed by atoms with Gasteiger partial charge in [0.05, 0.1) is 13.2 Å². The first kappa shape index (κ1) is 17.9. The van der Waals surface area contributed by atoms with Crippen molar-refractivity contribution in [3.63, 3.8) is 0 Å². The van der Waals surface area contributed by atoms with E-state index in [1.54, 1.807) is 0 Å². The fourth-order valence-corrected chi connectivity index (χ4v) is 2.09. The molecule has 0 radical (unpaired) electrons. The molecular formula is C16H34O2. The third-order valence-electron chi connectivity index (χ3n) is 3.27. The predicted molar refractivity (Wildman–Crippen MR) is 78.9 cm³/mol. The van der Waals surface area contributed by atoms with Crippen LogP contribution >= 0.6 is 0 Å². The van der Waals surface area contributed by atoms with Gasteiger partial charge in [0, 0.05) is 12.8 Å². The van der Waals surface area contributed by atoms with E-state index in [4.69, 9.17) is 9.47 Å². The summed E-state index contributed by atoms with van der Waals surface area (Å²) in [5.41, 5.74) is 0. The molecule has 0 aliphatic carbocycles. The summed E-state index contributed by atoms with van der Waals surface area (Å²) in [5, 5.41) is 0. The average molecular weight is 258 g/mol. The molecule has 0 unspecified atom stereocenters. The number of hydrogen-bond donors (Lipinski definition) is 0. The normalized spacial score (nSPS) is 12.0. The van der Waals surface area contributed by atoms with Crippen LogP contribution in [0, 0.1) is 0 Å².